The summed E-state index contributed by atoms with van der Waals surface area (Å²) in [4.78, 5) is 47.2. The number of esters is 1. The third-order valence-corrected chi connectivity index (χ3v) is 4.62. The lowest BCUT2D eigenvalue weighted by molar-refractivity contribution is -0.384. The Kier molecular flexibility index (Phi) is 7.75. The minimum atomic E-state index is -0.855. The number of nitro groups is 1. The molecule has 2 aromatic carbocycles. The first-order valence-corrected chi connectivity index (χ1v) is 10.4. The number of amides is 2. The van der Waals surface area contributed by atoms with Crippen molar-refractivity contribution in [2.75, 3.05) is 18.5 Å². The number of carbonyl (C=O) groups excluding carboxylic acids is 3. The maximum atomic E-state index is 12.4. The number of hydrogen-bond acceptors (Lipinski definition) is 7. The number of hydrogen-bond donors (Lipinski definition) is 2. The summed E-state index contributed by atoms with van der Waals surface area (Å²) in [6.45, 7) is 3.84. The zero-order valence-electron chi connectivity index (χ0n) is 18.6. The largest absolute Gasteiger partial charge is 0.450 e. The maximum absolute atomic E-state index is 12.4. The molecule has 0 radical (unpaired) electrons. The van der Waals surface area contributed by atoms with Crippen molar-refractivity contribution in [1.29, 1.82) is 0 Å². The standard InChI is InChI=1S/C24H23N3O7/c1-15(2)13-25-23(29)18-5-3-4-6-19(18)26-22(28)14-33-24(30)21-12-11-20(34-21)16-7-9-17(10-8-16)27(31)32/h3-12,15H,13-14H2,1-2H3,(H,25,29)(H,26,28). The number of anilines is 1. The van der Waals surface area contributed by atoms with Gasteiger partial charge in [-0.2, -0.15) is 0 Å². The van der Waals surface area contributed by atoms with Gasteiger partial charge >= 0.3 is 5.97 Å². The van der Waals surface area contributed by atoms with E-state index < -0.39 is 23.4 Å². The van der Waals surface area contributed by atoms with Crippen molar-refractivity contribution in [1.82, 2.24) is 5.32 Å². The van der Waals surface area contributed by atoms with Gasteiger partial charge in [-0.3, -0.25) is 19.7 Å². The molecule has 2 N–H and O–H groups in total. The van der Waals surface area contributed by atoms with Crippen molar-refractivity contribution in [3.05, 3.63) is 82.1 Å². The molecule has 0 unspecified atom stereocenters. The molecule has 0 atom stereocenters. The lowest BCUT2D eigenvalue weighted by Crippen LogP contribution is -2.29. The first-order chi connectivity index (χ1) is 16.2. The molecule has 1 heterocycles. The molecule has 2 amide bonds. The van der Waals surface area contributed by atoms with Crippen LogP contribution in [-0.4, -0.2) is 35.9 Å². The Morgan fingerprint density at radius 3 is 2.41 bits per heavy atom. The number of para-hydroxylation sites is 1. The summed E-state index contributed by atoms with van der Waals surface area (Å²) in [5.74, 6) is -1.35. The highest BCUT2D eigenvalue weighted by molar-refractivity contribution is 6.04. The van der Waals surface area contributed by atoms with E-state index in [0.717, 1.165) is 0 Å². The Labute approximate surface area is 195 Å². The molecule has 3 aromatic rings. The molecular formula is C24H23N3O7. The van der Waals surface area contributed by atoms with Gasteiger partial charge in [0.05, 0.1) is 16.2 Å². The average molecular weight is 465 g/mol. The lowest BCUT2D eigenvalue weighted by Gasteiger charge is -2.12. The predicted molar refractivity (Wildman–Crippen MR) is 123 cm³/mol. The molecule has 0 spiro atoms. The van der Waals surface area contributed by atoms with Gasteiger partial charge in [-0.25, -0.2) is 4.79 Å². The summed E-state index contributed by atoms with van der Waals surface area (Å²) in [5, 5.41) is 16.1. The molecule has 10 nitrogen and oxygen atoms in total. The first-order valence-electron chi connectivity index (χ1n) is 10.4. The van der Waals surface area contributed by atoms with Gasteiger partial charge in [-0.05, 0) is 42.3 Å². The fraction of sp³-hybridized carbons (Fsp3) is 0.208. The van der Waals surface area contributed by atoms with E-state index in [1.165, 1.54) is 36.4 Å². The van der Waals surface area contributed by atoms with E-state index in [0.29, 0.717) is 29.1 Å². The highest BCUT2D eigenvalue weighted by atomic mass is 16.6. The monoisotopic (exact) mass is 465 g/mol. The molecule has 0 saturated carbocycles. The van der Waals surface area contributed by atoms with E-state index >= 15 is 0 Å². The van der Waals surface area contributed by atoms with Gasteiger partial charge in [0.15, 0.2) is 6.61 Å². The van der Waals surface area contributed by atoms with Crippen molar-refractivity contribution >= 4 is 29.2 Å². The number of rotatable bonds is 9. The number of benzene rings is 2. The van der Waals surface area contributed by atoms with Crippen LogP contribution in [0.3, 0.4) is 0 Å². The van der Waals surface area contributed by atoms with E-state index in [1.807, 2.05) is 13.8 Å². The predicted octanol–water partition coefficient (Wildman–Crippen LogP) is 4.04. The summed E-state index contributed by atoms with van der Waals surface area (Å²) in [6, 6.07) is 15.0. The SMILES string of the molecule is CC(C)CNC(=O)c1ccccc1NC(=O)COC(=O)c1ccc(-c2ccc([N+](=O)[O-])cc2)o1. The van der Waals surface area contributed by atoms with Gasteiger partial charge in [-0.15, -0.1) is 0 Å². The Morgan fingerprint density at radius 2 is 1.74 bits per heavy atom. The van der Waals surface area contributed by atoms with Crippen LogP contribution >= 0.6 is 0 Å². The second-order valence-electron chi connectivity index (χ2n) is 7.74. The normalized spacial score (nSPS) is 10.6. The number of non-ortho nitro benzene ring substituents is 1. The second kappa shape index (κ2) is 10.9. The Bertz CT molecular complexity index is 1200. The molecule has 34 heavy (non-hydrogen) atoms. The summed E-state index contributed by atoms with van der Waals surface area (Å²) >= 11 is 0. The van der Waals surface area contributed by atoms with Crippen LogP contribution in [0.4, 0.5) is 11.4 Å². The molecule has 0 aliphatic heterocycles. The second-order valence-corrected chi connectivity index (χ2v) is 7.74. The summed E-state index contributed by atoms with van der Waals surface area (Å²) in [6.07, 6.45) is 0. The van der Waals surface area contributed by atoms with E-state index in [4.69, 9.17) is 9.15 Å². The molecular weight excluding hydrogens is 442 g/mol. The molecule has 1 aromatic heterocycles. The van der Waals surface area contributed by atoms with Gasteiger partial charge in [0.25, 0.3) is 17.5 Å². The fourth-order valence-corrected chi connectivity index (χ4v) is 2.92. The van der Waals surface area contributed by atoms with E-state index in [9.17, 15) is 24.5 Å². The highest BCUT2D eigenvalue weighted by Crippen LogP contribution is 2.25. The molecule has 0 fully saturated rings. The topological polar surface area (TPSA) is 141 Å². The number of nitrogens with zero attached hydrogens (tertiary/aromatic N) is 1. The van der Waals surface area contributed by atoms with Crippen LogP contribution in [-0.2, 0) is 9.53 Å². The van der Waals surface area contributed by atoms with Gasteiger partial charge in [0, 0.05) is 24.2 Å². The summed E-state index contributed by atoms with van der Waals surface area (Å²) in [5.41, 5.74) is 1.06. The smallest absolute Gasteiger partial charge is 0.374 e. The van der Waals surface area contributed by atoms with Gasteiger partial charge in [0.1, 0.15) is 5.76 Å². The number of nitro benzene ring substituents is 1. The zero-order chi connectivity index (χ0) is 24.7. The van der Waals surface area contributed by atoms with Crippen molar-refractivity contribution in [2.24, 2.45) is 5.92 Å². The average Bonchev–Trinajstić information content (AvgIpc) is 3.32. The van der Waals surface area contributed by atoms with Gasteiger partial charge in [0.2, 0.25) is 5.76 Å². The summed E-state index contributed by atoms with van der Waals surface area (Å²) < 4.78 is 10.5. The number of carbonyl (C=O) groups is 3. The number of furan rings is 1. The van der Waals surface area contributed by atoms with Crippen molar-refractivity contribution in [3.63, 3.8) is 0 Å². The maximum Gasteiger partial charge on any atom is 0.374 e. The molecule has 176 valence electrons. The fourth-order valence-electron chi connectivity index (χ4n) is 2.92. The molecule has 0 aliphatic carbocycles. The Morgan fingerprint density at radius 1 is 1.03 bits per heavy atom. The zero-order valence-corrected chi connectivity index (χ0v) is 18.6. The van der Waals surface area contributed by atoms with Crippen LogP contribution in [0.1, 0.15) is 34.8 Å². The van der Waals surface area contributed by atoms with Crippen LogP contribution in [0.15, 0.2) is 65.1 Å². The third-order valence-electron chi connectivity index (χ3n) is 4.62. The lowest BCUT2D eigenvalue weighted by atomic mass is 10.1. The molecule has 0 aliphatic rings. The number of nitrogens with one attached hydrogen (secondary N) is 2. The van der Waals surface area contributed by atoms with Gasteiger partial charge < -0.3 is 19.8 Å². The van der Waals surface area contributed by atoms with E-state index in [-0.39, 0.29) is 23.3 Å². The van der Waals surface area contributed by atoms with Crippen LogP contribution < -0.4 is 10.6 Å². The molecule has 3 rings (SSSR count). The van der Waals surface area contributed by atoms with Crippen LogP contribution in [0.5, 0.6) is 0 Å². The van der Waals surface area contributed by atoms with Crippen LogP contribution in [0.25, 0.3) is 11.3 Å². The third kappa shape index (κ3) is 6.28. The minimum absolute atomic E-state index is 0.0695. The van der Waals surface area contributed by atoms with Crippen molar-refractivity contribution in [2.45, 2.75) is 13.8 Å². The quantitative estimate of drug-likeness (QED) is 0.276. The molecule has 0 saturated heterocycles. The van der Waals surface area contributed by atoms with E-state index in [1.54, 1.807) is 24.3 Å². The molecule has 10 heteroatoms. The highest BCUT2D eigenvalue weighted by Gasteiger charge is 2.18. The van der Waals surface area contributed by atoms with Gasteiger partial charge in [-0.1, -0.05) is 26.0 Å². The molecule has 0 bridgehead atoms. The first kappa shape index (κ1) is 24.2. The number of ether oxygens (including phenoxy) is 1. The summed E-state index contributed by atoms with van der Waals surface area (Å²) in [7, 11) is 0. The Hall–Kier alpha value is -4.47. The minimum Gasteiger partial charge on any atom is -0.450 e. The van der Waals surface area contributed by atoms with Crippen molar-refractivity contribution in [3.8, 4) is 11.3 Å². The van der Waals surface area contributed by atoms with Crippen molar-refractivity contribution < 1.29 is 28.5 Å². The Balaban J connectivity index is 1.57. The van der Waals surface area contributed by atoms with E-state index in [2.05, 4.69) is 10.6 Å². The van der Waals surface area contributed by atoms with Crippen LogP contribution in [0.2, 0.25) is 0 Å². The van der Waals surface area contributed by atoms with Crippen LogP contribution in [0, 0.1) is 16.0 Å².